The maximum atomic E-state index is 12.6. The van der Waals surface area contributed by atoms with Crippen molar-refractivity contribution in [2.75, 3.05) is 18.4 Å². The predicted molar refractivity (Wildman–Crippen MR) is 128 cm³/mol. The van der Waals surface area contributed by atoms with Crippen LogP contribution >= 0.6 is 22.9 Å². The number of anilines is 1. The monoisotopic (exact) mass is 429 g/mol. The molecule has 0 bridgehead atoms. The minimum absolute atomic E-state index is 0.0668. The fourth-order valence-corrected chi connectivity index (χ4v) is 5.22. The molecule has 0 unspecified atom stereocenters. The smallest absolute Gasteiger partial charge is 0.251 e. The van der Waals surface area contributed by atoms with Crippen molar-refractivity contribution in [2.45, 2.75) is 0 Å². The van der Waals surface area contributed by atoms with E-state index < -0.39 is 0 Å². The Kier molecular flexibility index (Phi) is 5.17. The number of carbonyl (C=O) groups excluding carboxylic acids is 1. The van der Waals surface area contributed by atoms with E-state index in [0.29, 0.717) is 18.7 Å². The Morgan fingerprint density at radius 2 is 1.70 bits per heavy atom. The van der Waals surface area contributed by atoms with Crippen LogP contribution in [0.3, 0.4) is 0 Å². The van der Waals surface area contributed by atoms with Gasteiger partial charge in [0.2, 0.25) is 0 Å². The van der Waals surface area contributed by atoms with E-state index in [4.69, 9.17) is 0 Å². The summed E-state index contributed by atoms with van der Waals surface area (Å²) in [5.41, 5.74) is 1.74. The highest BCUT2D eigenvalue weighted by atomic mass is 32.1. The molecule has 2 heterocycles. The Balaban J connectivity index is 1.22. The van der Waals surface area contributed by atoms with Gasteiger partial charge in [0.25, 0.3) is 5.91 Å². The molecule has 0 saturated heterocycles. The van der Waals surface area contributed by atoms with E-state index in [2.05, 4.69) is 57.5 Å². The van der Waals surface area contributed by atoms with Gasteiger partial charge in [-0.1, -0.05) is 42.5 Å². The van der Waals surface area contributed by atoms with Crippen molar-refractivity contribution in [3.8, 4) is 10.4 Å². The van der Waals surface area contributed by atoms with Crippen LogP contribution < -0.4 is 10.6 Å². The van der Waals surface area contributed by atoms with Gasteiger partial charge in [-0.2, -0.15) is 4.37 Å². The molecule has 6 heteroatoms. The molecule has 0 saturated carbocycles. The first-order chi connectivity index (χ1) is 14.8. The Bertz CT molecular complexity index is 1310. The lowest BCUT2D eigenvalue weighted by molar-refractivity contribution is 0.0955. The topological polar surface area (TPSA) is 54.0 Å². The molecule has 0 aliphatic heterocycles. The summed E-state index contributed by atoms with van der Waals surface area (Å²) in [5, 5.41) is 8.65. The molecule has 0 aliphatic rings. The Morgan fingerprint density at radius 3 is 2.60 bits per heavy atom. The van der Waals surface area contributed by atoms with E-state index >= 15 is 0 Å². The molecule has 2 N–H and O–H groups in total. The number of nitrogens with zero attached hydrogens (tertiary/aromatic N) is 1. The maximum Gasteiger partial charge on any atom is 0.251 e. The molecule has 0 atom stereocenters. The molecule has 5 rings (SSSR count). The number of fused-ring (bicyclic) bond motifs is 2. The average Bonchev–Trinajstić information content (AvgIpc) is 3.41. The van der Waals surface area contributed by atoms with Crippen LogP contribution in [0.4, 0.5) is 5.82 Å². The highest BCUT2D eigenvalue weighted by Crippen LogP contribution is 2.33. The zero-order valence-corrected chi connectivity index (χ0v) is 17.7. The third-order valence-electron chi connectivity index (χ3n) is 4.92. The second-order valence-electron chi connectivity index (χ2n) is 6.94. The first-order valence-corrected chi connectivity index (χ1v) is 11.3. The van der Waals surface area contributed by atoms with E-state index in [9.17, 15) is 4.79 Å². The molecule has 0 aliphatic carbocycles. The van der Waals surface area contributed by atoms with Crippen LogP contribution in [0.1, 0.15) is 10.4 Å². The van der Waals surface area contributed by atoms with Crippen molar-refractivity contribution in [1.82, 2.24) is 9.69 Å². The lowest BCUT2D eigenvalue weighted by atomic mass is 10.1. The number of carbonyl (C=O) groups is 1. The number of aromatic nitrogens is 1. The van der Waals surface area contributed by atoms with Crippen molar-refractivity contribution in [2.24, 2.45) is 0 Å². The lowest BCUT2D eigenvalue weighted by Gasteiger charge is -2.08. The van der Waals surface area contributed by atoms with E-state index in [0.717, 1.165) is 21.5 Å². The number of hydrogen-bond donors (Lipinski definition) is 2. The number of rotatable bonds is 6. The van der Waals surface area contributed by atoms with Gasteiger partial charge in [-0.3, -0.25) is 4.79 Å². The first kappa shape index (κ1) is 18.8. The standard InChI is InChI=1S/C24H19N3OS2/c28-24(26-13-12-25-23-19-9-2-4-11-21(19)30-27-23)18-8-5-7-16(14-18)22-15-17-6-1-3-10-20(17)29-22/h1-11,14-15H,12-13H2,(H,25,27)(H,26,28). The second kappa shape index (κ2) is 8.26. The molecule has 0 spiro atoms. The molecule has 0 fully saturated rings. The van der Waals surface area contributed by atoms with Gasteiger partial charge in [0.05, 0.1) is 4.70 Å². The summed E-state index contributed by atoms with van der Waals surface area (Å²) in [7, 11) is 0. The molecular weight excluding hydrogens is 410 g/mol. The van der Waals surface area contributed by atoms with Gasteiger partial charge in [0, 0.05) is 33.6 Å². The summed E-state index contributed by atoms with van der Waals surface area (Å²) in [5.74, 6) is 0.805. The van der Waals surface area contributed by atoms with Crippen LogP contribution in [0, 0.1) is 0 Å². The largest absolute Gasteiger partial charge is 0.367 e. The van der Waals surface area contributed by atoms with Crippen molar-refractivity contribution in [3.63, 3.8) is 0 Å². The van der Waals surface area contributed by atoms with E-state index in [1.165, 1.54) is 26.5 Å². The Labute approximate surface area is 182 Å². The van der Waals surface area contributed by atoms with Crippen LogP contribution in [0.15, 0.2) is 78.9 Å². The molecule has 3 aromatic carbocycles. The van der Waals surface area contributed by atoms with Gasteiger partial charge in [-0.25, -0.2) is 0 Å². The molecule has 1 amide bonds. The number of nitrogens with one attached hydrogen (secondary N) is 2. The van der Waals surface area contributed by atoms with Crippen molar-refractivity contribution >= 4 is 54.8 Å². The summed E-state index contributed by atoms with van der Waals surface area (Å²) in [6, 6.07) is 26.5. The van der Waals surface area contributed by atoms with Crippen LogP contribution in [-0.2, 0) is 0 Å². The fourth-order valence-electron chi connectivity index (χ4n) is 3.41. The lowest BCUT2D eigenvalue weighted by Crippen LogP contribution is -2.28. The van der Waals surface area contributed by atoms with Gasteiger partial charge >= 0.3 is 0 Å². The summed E-state index contributed by atoms with van der Waals surface area (Å²) >= 11 is 3.22. The van der Waals surface area contributed by atoms with Crippen molar-refractivity contribution in [3.05, 3.63) is 84.4 Å². The third-order valence-corrected chi connectivity index (χ3v) is 6.91. The first-order valence-electron chi connectivity index (χ1n) is 9.73. The summed E-state index contributed by atoms with van der Waals surface area (Å²) in [6.45, 7) is 1.15. The van der Waals surface area contributed by atoms with Crippen molar-refractivity contribution in [1.29, 1.82) is 0 Å². The maximum absolute atomic E-state index is 12.6. The minimum atomic E-state index is -0.0668. The molecule has 30 heavy (non-hydrogen) atoms. The van der Waals surface area contributed by atoms with Gasteiger partial charge in [-0.05, 0) is 58.9 Å². The van der Waals surface area contributed by atoms with Gasteiger partial charge < -0.3 is 10.6 Å². The fraction of sp³-hybridized carbons (Fsp3) is 0.0833. The predicted octanol–water partition coefficient (Wildman–Crippen LogP) is 6.02. The SMILES string of the molecule is O=C(NCCNc1nsc2ccccc12)c1cccc(-c2cc3ccccc3s2)c1. The summed E-state index contributed by atoms with van der Waals surface area (Å²) < 4.78 is 6.86. The highest BCUT2D eigenvalue weighted by Gasteiger charge is 2.09. The molecule has 148 valence electrons. The molecular formula is C24H19N3OS2. The van der Waals surface area contributed by atoms with Crippen LogP contribution in [0.2, 0.25) is 0 Å². The quantitative estimate of drug-likeness (QED) is 0.325. The molecule has 4 nitrogen and oxygen atoms in total. The third kappa shape index (κ3) is 3.79. The number of thiophene rings is 1. The summed E-state index contributed by atoms with van der Waals surface area (Å²) in [6.07, 6.45) is 0. The molecule has 5 aromatic rings. The summed E-state index contributed by atoms with van der Waals surface area (Å²) in [4.78, 5) is 13.8. The van der Waals surface area contributed by atoms with E-state index in [1.54, 1.807) is 11.3 Å². The highest BCUT2D eigenvalue weighted by molar-refractivity contribution is 7.22. The zero-order chi connectivity index (χ0) is 20.3. The average molecular weight is 430 g/mol. The van der Waals surface area contributed by atoms with Crippen LogP contribution in [0.25, 0.3) is 30.6 Å². The van der Waals surface area contributed by atoms with Gasteiger partial charge in [0.15, 0.2) is 0 Å². The Morgan fingerprint density at radius 1 is 0.867 bits per heavy atom. The van der Waals surface area contributed by atoms with Gasteiger partial charge in [0.1, 0.15) is 5.82 Å². The number of benzene rings is 3. The molecule has 2 aromatic heterocycles. The minimum Gasteiger partial charge on any atom is -0.367 e. The van der Waals surface area contributed by atoms with Crippen molar-refractivity contribution < 1.29 is 4.79 Å². The molecule has 0 radical (unpaired) electrons. The normalized spacial score (nSPS) is 11.1. The zero-order valence-electron chi connectivity index (χ0n) is 16.1. The van der Waals surface area contributed by atoms with E-state index in [1.807, 2.05) is 36.4 Å². The van der Waals surface area contributed by atoms with Gasteiger partial charge in [-0.15, -0.1) is 11.3 Å². The van der Waals surface area contributed by atoms with Crippen LogP contribution in [-0.4, -0.2) is 23.4 Å². The Hall–Kier alpha value is -3.22. The number of amides is 1. The second-order valence-corrected chi connectivity index (χ2v) is 8.83. The van der Waals surface area contributed by atoms with E-state index in [-0.39, 0.29) is 5.91 Å². The van der Waals surface area contributed by atoms with Crippen LogP contribution in [0.5, 0.6) is 0 Å². The number of hydrogen-bond acceptors (Lipinski definition) is 5.